The van der Waals surface area contributed by atoms with E-state index in [0.717, 1.165) is 13.0 Å². The Labute approximate surface area is 146 Å². The van der Waals surface area contributed by atoms with Gasteiger partial charge in [0.1, 0.15) is 10.8 Å². The maximum absolute atomic E-state index is 12.9. The predicted molar refractivity (Wildman–Crippen MR) is 78.8 cm³/mol. The van der Waals surface area contributed by atoms with Crippen LogP contribution in [0, 0.1) is 58.9 Å². The van der Waals surface area contributed by atoms with Gasteiger partial charge in [-0.1, -0.05) is 23.2 Å². The molecule has 0 aliphatic rings. The summed E-state index contributed by atoms with van der Waals surface area (Å²) < 4.78 is 74.5. The largest absolute Gasteiger partial charge is 0.309 e. The van der Waals surface area contributed by atoms with Gasteiger partial charge in [-0.15, -0.1) is 0 Å². The Bertz CT molecular complexity index is 729. The van der Waals surface area contributed by atoms with Crippen molar-refractivity contribution in [2.24, 2.45) is 0 Å². The molecule has 2 aromatic rings. The van der Waals surface area contributed by atoms with Gasteiger partial charge < -0.3 is 0 Å². The van der Waals surface area contributed by atoms with Gasteiger partial charge in [-0.25, -0.2) is 26.3 Å². The molecule has 3 nitrogen and oxygen atoms in total. The van der Waals surface area contributed by atoms with Gasteiger partial charge in [0.05, 0.1) is 4.92 Å². The van der Waals surface area contributed by atoms with E-state index in [1.165, 1.54) is 6.92 Å². The Hall–Kier alpha value is -2.00. The maximum Gasteiger partial charge on any atom is 0.309 e. The quantitative estimate of drug-likeness (QED) is 0.191. The molecule has 0 saturated heterocycles. The summed E-state index contributed by atoms with van der Waals surface area (Å²) in [6.45, 7) is 2.28. The fourth-order valence-corrected chi connectivity index (χ4v) is 2.07. The topological polar surface area (TPSA) is 43.1 Å². The highest BCUT2D eigenvalue weighted by Crippen LogP contribution is 2.36. The fraction of sp³-hybridized carbons (Fsp3) is 0.143. The van der Waals surface area contributed by atoms with Gasteiger partial charge >= 0.3 is 5.69 Å². The van der Waals surface area contributed by atoms with Gasteiger partial charge in [0, 0.05) is 5.56 Å². The van der Waals surface area contributed by atoms with E-state index in [0.29, 0.717) is 0 Å². The summed E-state index contributed by atoms with van der Waals surface area (Å²) in [7, 11) is 0. The van der Waals surface area contributed by atoms with Gasteiger partial charge in [0.25, 0.3) is 0 Å². The minimum Gasteiger partial charge on any atom is -0.258 e. The zero-order chi connectivity index (χ0) is 19.6. The van der Waals surface area contributed by atoms with E-state index in [2.05, 4.69) is 0 Å². The third kappa shape index (κ3) is 4.16. The Morgan fingerprint density at radius 3 is 1.64 bits per heavy atom. The zero-order valence-corrected chi connectivity index (χ0v) is 13.9. The van der Waals surface area contributed by atoms with Crippen molar-refractivity contribution in [3.05, 3.63) is 72.3 Å². The molecule has 0 aromatic heterocycles. The Morgan fingerprint density at radius 2 is 1.24 bits per heavy atom. The van der Waals surface area contributed by atoms with Crippen LogP contribution in [0.15, 0.2) is 6.07 Å². The van der Waals surface area contributed by atoms with Gasteiger partial charge in [0.15, 0.2) is 28.3 Å². The molecule has 2 aromatic carbocycles. The first kappa shape index (κ1) is 21.0. The third-order valence-corrected chi connectivity index (χ3v) is 3.76. The smallest absolute Gasteiger partial charge is 0.258 e. The van der Waals surface area contributed by atoms with E-state index < -0.39 is 56.1 Å². The van der Waals surface area contributed by atoms with Crippen LogP contribution in [-0.2, 0) is 0 Å². The van der Waals surface area contributed by atoms with Crippen LogP contribution >= 0.6 is 23.2 Å². The maximum atomic E-state index is 12.9. The molecular weight excluding hydrogens is 399 g/mol. The molecule has 0 radical (unpaired) electrons. The van der Waals surface area contributed by atoms with Crippen molar-refractivity contribution in [1.82, 2.24) is 0 Å². The van der Waals surface area contributed by atoms with Gasteiger partial charge in [-0.3, -0.25) is 10.1 Å². The standard InChI is InChI=1S/C7H4Cl2FNO2.C7H3F5/c1-3-2-4(10)6(9)7(5(3)8)11(12)13;1-2-3(8)5(10)7(12)6(11)4(2)9/h2H,1H3;1H3. The molecule has 2 rings (SSSR count). The molecule has 0 unspecified atom stereocenters. The Kier molecular flexibility index (Phi) is 6.67. The molecule has 0 fully saturated rings. The van der Waals surface area contributed by atoms with Crippen LogP contribution in [0.25, 0.3) is 0 Å². The van der Waals surface area contributed by atoms with Crippen LogP contribution in [0.1, 0.15) is 11.1 Å². The van der Waals surface area contributed by atoms with Gasteiger partial charge in [-0.2, -0.15) is 0 Å². The number of nitro benzene ring substituents is 1. The zero-order valence-electron chi connectivity index (χ0n) is 12.4. The average molecular weight is 406 g/mol. The van der Waals surface area contributed by atoms with Crippen molar-refractivity contribution in [3.63, 3.8) is 0 Å². The van der Waals surface area contributed by atoms with Crippen LogP contribution in [0.2, 0.25) is 10.0 Å². The van der Waals surface area contributed by atoms with Crippen LogP contribution < -0.4 is 0 Å². The summed E-state index contributed by atoms with van der Waals surface area (Å²) in [5.41, 5.74) is -1.16. The van der Waals surface area contributed by atoms with E-state index in [4.69, 9.17) is 23.2 Å². The number of benzene rings is 2. The highest BCUT2D eigenvalue weighted by atomic mass is 35.5. The monoisotopic (exact) mass is 405 g/mol. The molecule has 0 aliphatic heterocycles. The lowest BCUT2D eigenvalue weighted by Gasteiger charge is -2.02. The highest BCUT2D eigenvalue weighted by Gasteiger charge is 2.23. The second-order valence-corrected chi connectivity index (χ2v) is 5.36. The first-order chi connectivity index (χ1) is 11.4. The average Bonchev–Trinajstić information content (AvgIpc) is 2.55. The summed E-state index contributed by atoms with van der Waals surface area (Å²) >= 11 is 10.9. The summed E-state index contributed by atoms with van der Waals surface area (Å²) in [6.07, 6.45) is 0. The number of hydrogen-bond donors (Lipinski definition) is 0. The molecule has 11 heteroatoms. The van der Waals surface area contributed by atoms with Crippen molar-refractivity contribution in [1.29, 1.82) is 0 Å². The molecule has 0 N–H and O–H groups in total. The Morgan fingerprint density at radius 1 is 0.840 bits per heavy atom. The molecule has 0 spiro atoms. The first-order valence-corrected chi connectivity index (χ1v) is 6.93. The van der Waals surface area contributed by atoms with E-state index in [1.54, 1.807) is 0 Å². The minimum atomic E-state index is -2.13. The molecule has 0 atom stereocenters. The van der Waals surface area contributed by atoms with E-state index in [-0.39, 0.29) is 10.6 Å². The second kappa shape index (κ2) is 7.92. The summed E-state index contributed by atoms with van der Waals surface area (Å²) in [4.78, 5) is 9.61. The molecule has 0 aliphatic carbocycles. The van der Waals surface area contributed by atoms with Crippen molar-refractivity contribution < 1.29 is 31.3 Å². The van der Waals surface area contributed by atoms with Crippen LogP contribution in [0.3, 0.4) is 0 Å². The Balaban J connectivity index is 0.000000251. The van der Waals surface area contributed by atoms with Crippen molar-refractivity contribution >= 4 is 28.9 Å². The normalized spacial score (nSPS) is 10.3. The number of nitro groups is 1. The molecule has 136 valence electrons. The number of halogens is 8. The molecule has 0 saturated carbocycles. The number of hydrogen-bond acceptors (Lipinski definition) is 2. The third-order valence-electron chi connectivity index (χ3n) is 2.93. The molecule has 0 amide bonds. The van der Waals surface area contributed by atoms with Gasteiger partial charge in [-0.05, 0) is 25.5 Å². The fourth-order valence-electron chi connectivity index (χ4n) is 1.59. The van der Waals surface area contributed by atoms with Crippen molar-refractivity contribution in [3.8, 4) is 0 Å². The predicted octanol–water partition coefficient (Wildman–Crippen LogP) is 6.04. The lowest BCUT2D eigenvalue weighted by atomic mass is 10.2. The SMILES string of the molecule is Cc1c(F)c(F)c(F)c(F)c1F.Cc1cc(F)c(Cl)c([N+](=O)[O-])c1Cl. The first-order valence-electron chi connectivity index (χ1n) is 6.18. The summed E-state index contributed by atoms with van der Waals surface area (Å²) in [6, 6.07) is 1.05. The van der Waals surface area contributed by atoms with Crippen LogP contribution in [0.4, 0.5) is 32.0 Å². The minimum absolute atomic E-state index is 0.128. The van der Waals surface area contributed by atoms with Crippen LogP contribution in [-0.4, -0.2) is 4.92 Å². The van der Waals surface area contributed by atoms with Crippen molar-refractivity contribution in [2.45, 2.75) is 13.8 Å². The summed E-state index contributed by atoms with van der Waals surface area (Å²) in [5, 5.41) is 9.73. The van der Waals surface area contributed by atoms with E-state index in [1.807, 2.05) is 0 Å². The molecule has 25 heavy (non-hydrogen) atoms. The van der Waals surface area contributed by atoms with E-state index in [9.17, 15) is 36.5 Å². The van der Waals surface area contributed by atoms with E-state index >= 15 is 0 Å². The molecule has 0 heterocycles. The van der Waals surface area contributed by atoms with Crippen molar-refractivity contribution in [2.75, 3.05) is 0 Å². The van der Waals surface area contributed by atoms with Crippen LogP contribution in [0.5, 0.6) is 0 Å². The molecular formula is C14H7Cl2F6NO2. The number of rotatable bonds is 1. The highest BCUT2D eigenvalue weighted by molar-refractivity contribution is 6.38. The lowest BCUT2D eigenvalue weighted by Crippen LogP contribution is -2.03. The number of aryl methyl sites for hydroxylation is 1. The lowest BCUT2D eigenvalue weighted by molar-refractivity contribution is -0.384. The molecule has 0 bridgehead atoms. The summed E-state index contributed by atoms with van der Waals surface area (Å²) in [5.74, 6) is -10.4. The van der Waals surface area contributed by atoms with Gasteiger partial charge in [0.2, 0.25) is 5.82 Å². The number of nitrogens with zero attached hydrogens (tertiary/aromatic N) is 1. The second-order valence-electron chi connectivity index (χ2n) is 4.60.